The van der Waals surface area contributed by atoms with E-state index in [2.05, 4.69) is 5.32 Å². The zero-order valence-corrected chi connectivity index (χ0v) is 9.72. The first-order valence-corrected chi connectivity index (χ1v) is 6.08. The molecule has 2 fully saturated rings. The second-order valence-electron chi connectivity index (χ2n) is 4.61. The van der Waals surface area contributed by atoms with E-state index in [9.17, 15) is 14.7 Å². The number of carboxylic acids is 1. The summed E-state index contributed by atoms with van der Waals surface area (Å²) in [5, 5.41) is 11.8. The summed E-state index contributed by atoms with van der Waals surface area (Å²) in [6, 6.07) is -0.434. The molecule has 2 atom stereocenters. The summed E-state index contributed by atoms with van der Waals surface area (Å²) in [7, 11) is 0. The fourth-order valence-electron chi connectivity index (χ4n) is 2.46. The molecule has 2 rings (SSSR count). The molecule has 0 aromatic heterocycles. The van der Waals surface area contributed by atoms with Crippen LogP contribution in [0.25, 0.3) is 0 Å². The number of cyclic esters (lactones) is 1. The van der Waals surface area contributed by atoms with E-state index in [4.69, 9.17) is 4.74 Å². The Morgan fingerprint density at radius 3 is 2.94 bits per heavy atom. The van der Waals surface area contributed by atoms with Gasteiger partial charge in [-0.25, -0.2) is 4.79 Å². The summed E-state index contributed by atoms with van der Waals surface area (Å²) in [5.41, 5.74) is 0. The molecule has 2 unspecified atom stereocenters. The van der Waals surface area contributed by atoms with E-state index in [1.165, 1.54) is 0 Å². The molecule has 0 aromatic carbocycles. The smallest absolute Gasteiger partial charge is 0.407 e. The first-order chi connectivity index (χ1) is 8.16. The Labute approximate surface area is 99.9 Å². The lowest BCUT2D eigenvalue weighted by molar-refractivity contribution is -0.143. The third-order valence-electron chi connectivity index (χ3n) is 3.33. The third kappa shape index (κ3) is 3.09. The van der Waals surface area contributed by atoms with Crippen molar-refractivity contribution in [1.82, 2.24) is 10.2 Å². The Kier molecular flexibility index (Phi) is 3.83. The molecule has 2 saturated heterocycles. The molecule has 2 heterocycles. The van der Waals surface area contributed by atoms with Gasteiger partial charge in [0.2, 0.25) is 0 Å². The van der Waals surface area contributed by atoms with Crippen LogP contribution in [-0.2, 0) is 9.53 Å². The SMILES string of the molecule is O=C1NCC(CN2CCCCCC2C(=O)O)O1. The summed E-state index contributed by atoms with van der Waals surface area (Å²) in [6.07, 6.45) is 3.10. The van der Waals surface area contributed by atoms with Crippen molar-refractivity contribution >= 4 is 12.1 Å². The van der Waals surface area contributed by atoms with E-state index in [1.54, 1.807) is 0 Å². The standard InChI is InChI=1S/C11H18N2O4/c14-10(15)9-4-2-1-3-5-13(9)7-8-6-12-11(16)17-8/h8-9H,1-7H2,(H,12,16)(H,14,15). The first kappa shape index (κ1) is 12.2. The molecule has 0 aliphatic carbocycles. The van der Waals surface area contributed by atoms with Gasteiger partial charge in [0, 0.05) is 6.54 Å². The number of amides is 1. The Hall–Kier alpha value is -1.30. The molecular formula is C11H18N2O4. The van der Waals surface area contributed by atoms with Gasteiger partial charge in [0.05, 0.1) is 6.54 Å². The zero-order valence-electron chi connectivity index (χ0n) is 9.72. The van der Waals surface area contributed by atoms with Crippen molar-refractivity contribution in [2.75, 3.05) is 19.6 Å². The lowest BCUT2D eigenvalue weighted by Gasteiger charge is -2.28. The Morgan fingerprint density at radius 2 is 2.29 bits per heavy atom. The Morgan fingerprint density at radius 1 is 1.47 bits per heavy atom. The van der Waals surface area contributed by atoms with Gasteiger partial charge < -0.3 is 15.2 Å². The average molecular weight is 242 g/mol. The molecule has 1 amide bonds. The number of nitrogens with one attached hydrogen (secondary N) is 1. The second kappa shape index (κ2) is 5.35. The van der Waals surface area contributed by atoms with Gasteiger partial charge in [-0.05, 0) is 19.4 Å². The molecule has 17 heavy (non-hydrogen) atoms. The number of carbonyl (C=O) groups excluding carboxylic acids is 1. The minimum Gasteiger partial charge on any atom is -0.480 e. The van der Waals surface area contributed by atoms with Gasteiger partial charge in [-0.3, -0.25) is 9.69 Å². The normalized spacial score (nSPS) is 30.5. The highest BCUT2D eigenvalue weighted by atomic mass is 16.6. The number of rotatable bonds is 3. The molecular weight excluding hydrogens is 224 g/mol. The number of carboxylic acid groups (broad SMARTS) is 1. The largest absolute Gasteiger partial charge is 0.480 e. The van der Waals surface area contributed by atoms with Crippen molar-refractivity contribution in [2.24, 2.45) is 0 Å². The van der Waals surface area contributed by atoms with E-state index in [0.29, 0.717) is 19.5 Å². The van der Waals surface area contributed by atoms with Crippen LogP contribution < -0.4 is 5.32 Å². The number of ether oxygens (including phenoxy) is 1. The van der Waals surface area contributed by atoms with Crippen LogP contribution in [0.3, 0.4) is 0 Å². The van der Waals surface area contributed by atoms with Crippen LogP contribution in [0.2, 0.25) is 0 Å². The highest BCUT2D eigenvalue weighted by molar-refractivity contribution is 5.73. The lowest BCUT2D eigenvalue weighted by atomic mass is 10.1. The number of aliphatic carboxylic acids is 1. The van der Waals surface area contributed by atoms with Gasteiger partial charge in [-0.2, -0.15) is 0 Å². The quantitative estimate of drug-likeness (QED) is 0.750. The van der Waals surface area contributed by atoms with Gasteiger partial charge in [0.15, 0.2) is 0 Å². The maximum absolute atomic E-state index is 11.2. The Balaban J connectivity index is 1.95. The van der Waals surface area contributed by atoms with Crippen LogP contribution in [0, 0.1) is 0 Å². The van der Waals surface area contributed by atoms with Crippen LogP contribution in [0.1, 0.15) is 25.7 Å². The fraction of sp³-hybridized carbons (Fsp3) is 0.818. The van der Waals surface area contributed by atoms with Crippen LogP contribution in [0.15, 0.2) is 0 Å². The van der Waals surface area contributed by atoms with E-state index in [-0.39, 0.29) is 6.10 Å². The van der Waals surface area contributed by atoms with Crippen molar-refractivity contribution < 1.29 is 19.4 Å². The van der Waals surface area contributed by atoms with Crippen molar-refractivity contribution in [2.45, 2.75) is 37.8 Å². The number of likely N-dealkylation sites (tertiary alicyclic amines) is 1. The first-order valence-electron chi connectivity index (χ1n) is 6.08. The highest BCUT2D eigenvalue weighted by Crippen LogP contribution is 2.18. The predicted octanol–water partition coefficient (Wildman–Crippen LogP) is 0.424. The number of hydrogen-bond donors (Lipinski definition) is 2. The zero-order chi connectivity index (χ0) is 12.3. The topological polar surface area (TPSA) is 78.9 Å². The number of hydrogen-bond acceptors (Lipinski definition) is 4. The van der Waals surface area contributed by atoms with E-state index >= 15 is 0 Å². The van der Waals surface area contributed by atoms with Gasteiger partial charge in [0.25, 0.3) is 0 Å². The number of nitrogens with zero attached hydrogens (tertiary/aromatic N) is 1. The molecule has 6 nitrogen and oxygen atoms in total. The number of alkyl carbamates (subject to hydrolysis) is 1. The average Bonchev–Trinajstić information content (AvgIpc) is 2.55. The molecule has 2 aliphatic rings. The van der Waals surface area contributed by atoms with E-state index in [0.717, 1.165) is 25.8 Å². The molecule has 2 N–H and O–H groups in total. The molecule has 96 valence electrons. The Bertz CT molecular complexity index is 308. The molecule has 2 aliphatic heterocycles. The summed E-state index contributed by atoms with van der Waals surface area (Å²) in [5.74, 6) is -0.774. The van der Waals surface area contributed by atoms with Crippen molar-refractivity contribution in [3.05, 3.63) is 0 Å². The minimum atomic E-state index is -0.774. The van der Waals surface area contributed by atoms with Crippen molar-refractivity contribution in [3.8, 4) is 0 Å². The number of carbonyl (C=O) groups is 2. The summed E-state index contributed by atoms with van der Waals surface area (Å²) < 4.78 is 5.05. The predicted molar refractivity (Wildman–Crippen MR) is 59.7 cm³/mol. The lowest BCUT2D eigenvalue weighted by Crippen LogP contribution is -2.45. The van der Waals surface area contributed by atoms with Crippen molar-refractivity contribution in [3.63, 3.8) is 0 Å². The highest BCUT2D eigenvalue weighted by Gasteiger charge is 2.32. The summed E-state index contributed by atoms with van der Waals surface area (Å²) >= 11 is 0. The van der Waals surface area contributed by atoms with Gasteiger partial charge >= 0.3 is 12.1 Å². The van der Waals surface area contributed by atoms with Crippen LogP contribution in [0.5, 0.6) is 0 Å². The minimum absolute atomic E-state index is 0.220. The van der Waals surface area contributed by atoms with Crippen molar-refractivity contribution in [1.29, 1.82) is 0 Å². The van der Waals surface area contributed by atoms with Gasteiger partial charge in [-0.15, -0.1) is 0 Å². The second-order valence-corrected chi connectivity index (χ2v) is 4.61. The molecule has 0 radical (unpaired) electrons. The molecule has 6 heteroatoms. The molecule has 0 saturated carbocycles. The monoisotopic (exact) mass is 242 g/mol. The van der Waals surface area contributed by atoms with E-state index < -0.39 is 18.1 Å². The van der Waals surface area contributed by atoms with Crippen LogP contribution in [-0.4, -0.2) is 53.8 Å². The molecule has 0 spiro atoms. The summed E-state index contributed by atoms with van der Waals surface area (Å²) in [6.45, 7) is 1.75. The van der Waals surface area contributed by atoms with Gasteiger partial charge in [-0.1, -0.05) is 12.8 Å². The molecule has 0 bridgehead atoms. The maximum atomic E-state index is 11.2. The fourth-order valence-corrected chi connectivity index (χ4v) is 2.46. The molecule has 0 aromatic rings. The maximum Gasteiger partial charge on any atom is 0.407 e. The van der Waals surface area contributed by atoms with Crippen LogP contribution in [0.4, 0.5) is 4.79 Å². The van der Waals surface area contributed by atoms with Gasteiger partial charge in [0.1, 0.15) is 12.1 Å². The third-order valence-corrected chi connectivity index (χ3v) is 3.33. The van der Waals surface area contributed by atoms with Crippen LogP contribution >= 0.6 is 0 Å². The summed E-state index contributed by atoms with van der Waals surface area (Å²) in [4.78, 5) is 24.0. The van der Waals surface area contributed by atoms with E-state index in [1.807, 2.05) is 4.90 Å².